The quantitative estimate of drug-likeness (QED) is 0.830. The highest BCUT2D eigenvalue weighted by Crippen LogP contribution is 2.30. The Hall–Kier alpha value is -1.80. The molecule has 2 aromatic rings. The largest absolute Gasteiger partial charge is 0.496 e. The first-order valence-corrected chi connectivity index (χ1v) is 6.69. The van der Waals surface area contributed by atoms with E-state index in [-0.39, 0.29) is 0 Å². The van der Waals surface area contributed by atoms with E-state index in [1.165, 1.54) is 22.3 Å². The van der Waals surface area contributed by atoms with Crippen LogP contribution < -0.4 is 4.74 Å². The second-order valence-electron chi connectivity index (χ2n) is 5.22. The first-order valence-electron chi connectivity index (χ1n) is 6.69. The molecule has 19 heavy (non-hydrogen) atoms. The summed E-state index contributed by atoms with van der Waals surface area (Å²) >= 11 is 0. The normalized spacial score (nSPS) is 14.4. The number of hydrogen-bond acceptors (Lipinski definition) is 2. The van der Waals surface area contributed by atoms with Crippen molar-refractivity contribution >= 4 is 0 Å². The minimum absolute atomic E-state index is 1.00. The monoisotopic (exact) mass is 253 g/mol. The number of nitrogens with zero attached hydrogens (tertiary/aromatic N) is 1. The highest BCUT2D eigenvalue weighted by molar-refractivity contribution is 5.43. The third kappa shape index (κ3) is 2.49. The lowest BCUT2D eigenvalue weighted by molar-refractivity contribution is 0.275. The average Bonchev–Trinajstić information content (AvgIpc) is 2.80. The molecule has 1 heterocycles. The number of benzene rings is 2. The maximum Gasteiger partial charge on any atom is 0.122 e. The molecular formula is C17H19NO. The van der Waals surface area contributed by atoms with Gasteiger partial charge in [-0.1, -0.05) is 36.4 Å². The van der Waals surface area contributed by atoms with E-state index in [0.717, 1.165) is 25.4 Å². The number of ether oxygens (including phenoxy) is 1. The van der Waals surface area contributed by atoms with Crippen LogP contribution in [-0.4, -0.2) is 12.0 Å². The van der Waals surface area contributed by atoms with E-state index >= 15 is 0 Å². The third-order valence-corrected chi connectivity index (χ3v) is 3.75. The van der Waals surface area contributed by atoms with Crippen LogP contribution in [0.4, 0.5) is 0 Å². The zero-order valence-electron chi connectivity index (χ0n) is 11.5. The van der Waals surface area contributed by atoms with Crippen molar-refractivity contribution in [3.8, 4) is 5.75 Å². The number of fused-ring (bicyclic) bond motifs is 1. The molecular weight excluding hydrogens is 234 g/mol. The van der Waals surface area contributed by atoms with E-state index in [2.05, 4.69) is 54.3 Å². The SMILES string of the molecule is COc1cc2c(cc1C)CN(Cc1ccccc1)C2. The zero-order valence-corrected chi connectivity index (χ0v) is 11.5. The fourth-order valence-corrected chi connectivity index (χ4v) is 2.80. The van der Waals surface area contributed by atoms with Crippen molar-refractivity contribution in [2.75, 3.05) is 7.11 Å². The van der Waals surface area contributed by atoms with Crippen LogP contribution in [0.5, 0.6) is 5.75 Å². The Kier molecular flexibility index (Phi) is 3.26. The molecule has 0 radical (unpaired) electrons. The molecule has 2 nitrogen and oxygen atoms in total. The number of hydrogen-bond donors (Lipinski definition) is 0. The molecule has 0 unspecified atom stereocenters. The van der Waals surface area contributed by atoms with Crippen molar-refractivity contribution in [1.29, 1.82) is 0 Å². The number of methoxy groups -OCH3 is 1. The summed E-state index contributed by atoms with van der Waals surface area (Å²) in [5.41, 5.74) is 5.44. The molecule has 0 fully saturated rings. The second kappa shape index (κ2) is 5.06. The van der Waals surface area contributed by atoms with E-state index in [1.807, 2.05) is 0 Å². The van der Waals surface area contributed by atoms with E-state index < -0.39 is 0 Å². The standard InChI is InChI=1S/C17H19NO/c1-13-8-15-11-18(10-14-6-4-3-5-7-14)12-16(15)9-17(13)19-2/h3-9H,10-12H2,1-2H3. The topological polar surface area (TPSA) is 12.5 Å². The predicted octanol–water partition coefficient (Wildman–Crippen LogP) is 3.52. The van der Waals surface area contributed by atoms with Gasteiger partial charge in [0.25, 0.3) is 0 Å². The summed E-state index contributed by atoms with van der Waals surface area (Å²) < 4.78 is 5.41. The minimum Gasteiger partial charge on any atom is -0.496 e. The summed E-state index contributed by atoms with van der Waals surface area (Å²) in [6, 6.07) is 15.1. The van der Waals surface area contributed by atoms with Gasteiger partial charge < -0.3 is 4.74 Å². The molecule has 0 spiro atoms. The molecule has 0 amide bonds. The lowest BCUT2D eigenvalue weighted by Gasteiger charge is -2.14. The van der Waals surface area contributed by atoms with Crippen molar-refractivity contribution in [3.63, 3.8) is 0 Å². The molecule has 98 valence electrons. The predicted molar refractivity (Wildman–Crippen MR) is 77.1 cm³/mol. The Bertz CT molecular complexity index is 577. The first-order chi connectivity index (χ1) is 9.26. The van der Waals surface area contributed by atoms with Gasteiger partial charge in [-0.05, 0) is 35.2 Å². The van der Waals surface area contributed by atoms with Gasteiger partial charge in [-0.3, -0.25) is 4.90 Å². The van der Waals surface area contributed by atoms with Crippen molar-refractivity contribution in [3.05, 3.63) is 64.7 Å². The highest BCUT2D eigenvalue weighted by atomic mass is 16.5. The highest BCUT2D eigenvalue weighted by Gasteiger charge is 2.20. The van der Waals surface area contributed by atoms with Gasteiger partial charge >= 0.3 is 0 Å². The Labute approximate surface area is 114 Å². The summed E-state index contributed by atoms with van der Waals surface area (Å²) in [5, 5.41) is 0. The average molecular weight is 253 g/mol. The van der Waals surface area contributed by atoms with Gasteiger partial charge in [0.15, 0.2) is 0 Å². The fourth-order valence-electron chi connectivity index (χ4n) is 2.80. The molecule has 0 aliphatic carbocycles. The second-order valence-corrected chi connectivity index (χ2v) is 5.22. The van der Waals surface area contributed by atoms with Crippen LogP contribution >= 0.6 is 0 Å². The minimum atomic E-state index is 1.00. The molecule has 2 heteroatoms. The van der Waals surface area contributed by atoms with Gasteiger partial charge in [-0.15, -0.1) is 0 Å². The third-order valence-electron chi connectivity index (χ3n) is 3.75. The summed E-state index contributed by atoms with van der Waals surface area (Å²) in [5.74, 6) is 1.00. The summed E-state index contributed by atoms with van der Waals surface area (Å²) in [7, 11) is 1.74. The van der Waals surface area contributed by atoms with Crippen molar-refractivity contribution in [1.82, 2.24) is 4.90 Å². The van der Waals surface area contributed by atoms with Crippen molar-refractivity contribution in [2.45, 2.75) is 26.6 Å². The van der Waals surface area contributed by atoms with E-state index in [1.54, 1.807) is 7.11 Å². The van der Waals surface area contributed by atoms with Crippen LogP contribution in [0.1, 0.15) is 22.3 Å². The van der Waals surface area contributed by atoms with E-state index in [9.17, 15) is 0 Å². The van der Waals surface area contributed by atoms with Gasteiger partial charge in [0.05, 0.1) is 7.11 Å². The molecule has 0 N–H and O–H groups in total. The van der Waals surface area contributed by atoms with Crippen LogP contribution in [0.2, 0.25) is 0 Å². The lowest BCUT2D eigenvalue weighted by Crippen LogP contribution is -2.15. The van der Waals surface area contributed by atoms with E-state index in [0.29, 0.717) is 0 Å². The van der Waals surface area contributed by atoms with Gasteiger partial charge in [0.2, 0.25) is 0 Å². The van der Waals surface area contributed by atoms with Crippen LogP contribution in [-0.2, 0) is 19.6 Å². The molecule has 0 aromatic heterocycles. The Balaban J connectivity index is 1.77. The van der Waals surface area contributed by atoms with Gasteiger partial charge in [-0.2, -0.15) is 0 Å². The van der Waals surface area contributed by atoms with Crippen LogP contribution in [0.3, 0.4) is 0 Å². The Morgan fingerprint density at radius 1 is 1.05 bits per heavy atom. The molecule has 0 atom stereocenters. The fraction of sp³-hybridized carbons (Fsp3) is 0.294. The summed E-state index contributed by atoms with van der Waals surface area (Å²) in [4.78, 5) is 2.47. The molecule has 2 aromatic carbocycles. The maximum absolute atomic E-state index is 5.41. The van der Waals surface area contributed by atoms with Crippen LogP contribution in [0.15, 0.2) is 42.5 Å². The molecule has 0 bridgehead atoms. The lowest BCUT2D eigenvalue weighted by atomic mass is 10.1. The molecule has 0 saturated carbocycles. The molecule has 1 aliphatic heterocycles. The molecule has 1 aliphatic rings. The van der Waals surface area contributed by atoms with Crippen LogP contribution in [0.25, 0.3) is 0 Å². The number of rotatable bonds is 3. The summed E-state index contributed by atoms with van der Waals surface area (Å²) in [6.07, 6.45) is 0. The van der Waals surface area contributed by atoms with Gasteiger partial charge in [0.1, 0.15) is 5.75 Å². The van der Waals surface area contributed by atoms with Crippen molar-refractivity contribution < 1.29 is 4.74 Å². The van der Waals surface area contributed by atoms with Crippen molar-refractivity contribution in [2.24, 2.45) is 0 Å². The zero-order chi connectivity index (χ0) is 13.2. The Morgan fingerprint density at radius 2 is 1.74 bits per heavy atom. The Morgan fingerprint density at radius 3 is 2.42 bits per heavy atom. The van der Waals surface area contributed by atoms with Gasteiger partial charge in [0, 0.05) is 19.6 Å². The first kappa shape index (κ1) is 12.2. The molecule has 0 saturated heterocycles. The van der Waals surface area contributed by atoms with E-state index in [4.69, 9.17) is 4.74 Å². The molecule has 3 rings (SSSR count). The van der Waals surface area contributed by atoms with Crippen LogP contribution in [0, 0.1) is 6.92 Å². The maximum atomic E-state index is 5.41. The smallest absolute Gasteiger partial charge is 0.122 e. The van der Waals surface area contributed by atoms with Gasteiger partial charge in [-0.25, -0.2) is 0 Å². The summed E-state index contributed by atoms with van der Waals surface area (Å²) in [6.45, 7) is 5.17. The number of aryl methyl sites for hydroxylation is 1.